The first-order valence-electron chi connectivity index (χ1n) is 5.21. The van der Waals surface area contributed by atoms with E-state index in [-0.39, 0.29) is 6.04 Å². The van der Waals surface area contributed by atoms with Gasteiger partial charge in [-0.15, -0.1) is 0 Å². The molecule has 0 aliphatic heterocycles. The lowest BCUT2D eigenvalue weighted by Gasteiger charge is -2.35. The second-order valence-electron chi connectivity index (χ2n) is 4.23. The Bertz CT molecular complexity index is 302. The molecule has 1 saturated carbocycles. The molecule has 0 aromatic heterocycles. The van der Waals surface area contributed by atoms with Crippen LogP contribution in [-0.4, -0.2) is 55.4 Å². The Morgan fingerprint density at radius 3 is 2.13 bits per heavy atom. The van der Waals surface area contributed by atoms with E-state index in [4.69, 9.17) is 0 Å². The van der Waals surface area contributed by atoms with Crippen LogP contribution in [0.5, 0.6) is 0 Å². The molecule has 5 nitrogen and oxygen atoms in total. The SMILES string of the molecule is CN(C)S(=O)(=O)N(C)C1CCCCC1O. The van der Waals surface area contributed by atoms with Crippen LogP contribution in [-0.2, 0) is 10.2 Å². The molecule has 0 amide bonds. The Balaban J connectivity index is 2.79. The lowest BCUT2D eigenvalue weighted by Crippen LogP contribution is -2.49. The standard InChI is InChI=1S/C9H20N2O3S/c1-10(2)15(13,14)11(3)8-6-4-5-7-9(8)12/h8-9,12H,4-7H2,1-3H3. The zero-order valence-corrected chi connectivity index (χ0v) is 10.4. The summed E-state index contributed by atoms with van der Waals surface area (Å²) in [5.74, 6) is 0. The van der Waals surface area contributed by atoms with Crippen molar-refractivity contribution >= 4 is 10.2 Å². The molecule has 0 saturated heterocycles. The van der Waals surface area contributed by atoms with E-state index in [2.05, 4.69) is 0 Å². The zero-order chi connectivity index (χ0) is 11.6. The Morgan fingerprint density at radius 1 is 1.13 bits per heavy atom. The molecule has 0 aromatic rings. The molecule has 90 valence electrons. The minimum Gasteiger partial charge on any atom is -0.391 e. The quantitative estimate of drug-likeness (QED) is 0.752. The van der Waals surface area contributed by atoms with Crippen molar-refractivity contribution in [2.24, 2.45) is 0 Å². The van der Waals surface area contributed by atoms with Gasteiger partial charge in [-0.25, -0.2) is 0 Å². The van der Waals surface area contributed by atoms with Crippen molar-refractivity contribution < 1.29 is 13.5 Å². The van der Waals surface area contributed by atoms with E-state index in [0.29, 0.717) is 6.42 Å². The van der Waals surface area contributed by atoms with Crippen molar-refractivity contribution in [3.63, 3.8) is 0 Å². The van der Waals surface area contributed by atoms with E-state index in [1.54, 1.807) is 0 Å². The highest BCUT2D eigenvalue weighted by atomic mass is 32.2. The van der Waals surface area contributed by atoms with Crippen LogP contribution in [0.25, 0.3) is 0 Å². The molecule has 2 unspecified atom stereocenters. The van der Waals surface area contributed by atoms with Crippen LogP contribution in [0.1, 0.15) is 25.7 Å². The highest BCUT2D eigenvalue weighted by Gasteiger charge is 2.34. The molecule has 1 aliphatic carbocycles. The van der Waals surface area contributed by atoms with E-state index in [1.807, 2.05) is 0 Å². The molecule has 0 aromatic carbocycles. The van der Waals surface area contributed by atoms with Gasteiger partial charge in [-0.05, 0) is 12.8 Å². The molecule has 1 aliphatic rings. The molecular formula is C9H20N2O3S. The van der Waals surface area contributed by atoms with E-state index >= 15 is 0 Å². The molecule has 1 rings (SSSR count). The average Bonchev–Trinajstić information content (AvgIpc) is 2.17. The highest BCUT2D eigenvalue weighted by Crippen LogP contribution is 2.24. The normalized spacial score (nSPS) is 28.7. The zero-order valence-electron chi connectivity index (χ0n) is 9.55. The summed E-state index contributed by atoms with van der Waals surface area (Å²) < 4.78 is 26.1. The predicted octanol–water partition coefficient (Wildman–Crippen LogP) is 0.0281. The first-order valence-corrected chi connectivity index (χ1v) is 6.60. The van der Waals surface area contributed by atoms with E-state index < -0.39 is 16.3 Å². The van der Waals surface area contributed by atoms with Crippen LogP contribution in [0.2, 0.25) is 0 Å². The molecule has 2 atom stereocenters. The van der Waals surface area contributed by atoms with Gasteiger partial charge in [-0.3, -0.25) is 0 Å². The third kappa shape index (κ3) is 2.69. The van der Waals surface area contributed by atoms with Crippen LogP contribution >= 0.6 is 0 Å². The summed E-state index contributed by atoms with van der Waals surface area (Å²) in [6, 6.07) is -0.272. The topological polar surface area (TPSA) is 60.9 Å². The molecular weight excluding hydrogens is 216 g/mol. The average molecular weight is 236 g/mol. The van der Waals surface area contributed by atoms with Crippen molar-refractivity contribution in [2.75, 3.05) is 21.1 Å². The second-order valence-corrected chi connectivity index (χ2v) is 6.43. The fraction of sp³-hybridized carbons (Fsp3) is 1.00. The number of hydrogen-bond donors (Lipinski definition) is 1. The van der Waals surface area contributed by atoms with Crippen LogP contribution in [0.15, 0.2) is 0 Å². The van der Waals surface area contributed by atoms with Gasteiger partial charge in [-0.1, -0.05) is 12.8 Å². The molecule has 0 heterocycles. The van der Waals surface area contributed by atoms with E-state index in [0.717, 1.165) is 19.3 Å². The monoisotopic (exact) mass is 236 g/mol. The number of hydrogen-bond acceptors (Lipinski definition) is 3. The summed E-state index contributed by atoms with van der Waals surface area (Å²) in [5, 5.41) is 9.76. The van der Waals surface area contributed by atoms with Gasteiger partial charge in [0.25, 0.3) is 10.2 Å². The highest BCUT2D eigenvalue weighted by molar-refractivity contribution is 7.86. The van der Waals surface area contributed by atoms with E-state index in [9.17, 15) is 13.5 Å². The molecule has 0 spiro atoms. The number of rotatable bonds is 3. The van der Waals surface area contributed by atoms with Gasteiger partial charge in [0.15, 0.2) is 0 Å². The largest absolute Gasteiger partial charge is 0.391 e. The minimum atomic E-state index is -3.40. The third-order valence-electron chi connectivity index (χ3n) is 2.99. The minimum absolute atomic E-state index is 0.272. The molecule has 15 heavy (non-hydrogen) atoms. The van der Waals surface area contributed by atoms with Crippen molar-refractivity contribution in [1.82, 2.24) is 8.61 Å². The van der Waals surface area contributed by atoms with Gasteiger partial charge in [0.05, 0.1) is 12.1 Å². The fourth-order valence-electron chi connectivity index (χ4n) is 1.94. The lowest BCUT2D eigenvalue weighted by molar-refractivity contribution is 0.0621. The number of nitrogens with zero attached hydrogens (tertiary/aromatic N) is 2. The van der Waals surface area contributed by atoms with Gasteiger partial charge in [0.2, 0.25) is 0 Å². The lowest BCUT2D eigenvalue weighted by atomic mass is 9.93. The molecule has 1 N–H and O–H groups in total. The maximum atomic E-state index is 11.8. The van der Waals surface area contributed by atoms with Gasteiger partial charge >= 0.3 is 0 Å². The Kier molecular flexibility index (Phi) is 4.11. The number of aliphatic hydroxyl groups is 1. The van der Waals surface area contributed by atoms with Crippen LogP contribution < -0.4 is 0 Å². The summed E-state index contributed by atoms with van der Waals surface area (Å²) in [5.41, 5.74) is 0. The van der Waals surface area contributed by atoms with Crippen molar-refractivity contribution in [2.45, 2.75) is 37.8 Å². The first-order chi connectivity index (χ1) is 6.87. The summed E-state index contributed by atoms with van der Waals surface area (Å²) >= 11 is 0. The van der Waals surface area contributed by atoms with Gasteiger partial charge < -0.3 is 5.11 Å². The Morgan fingerprint density at radius 2 is 1.67 bits per heavy atom. The summed E-state index contributed by atoms with van der Waals surface area (Å²) in [7, 11) is 1.14. The van der Waals surface area contributed by atoms with Crippen molar-refractivity contribution in [3.05, 3.63) is 0 Å². The van der Waals surface area contributed by atoms with Crippen molar-refractivity contribution in [3.8, 4) is 0 Å². The summed E-state index contributed by atoms with van der Waals surface area (Å²) in [4.78, 5) is 0. The second kappa shape index (κ2) is 4.78. The Labute approximate surface area is 91.9 Å². The van der Waals surface area contributed by atoms with Crippen LogP contribution in [0.4, 0.5) is 0 Å². The van der Waals surface area contributed by atoms with Crippen molar-refractivity contribution in [1.29, 1.82) is 0 Å². The van der Waals surface area contributed by atoms with E-state index in [1.165, 1.54) is 29.8 Å². The first kappa shape index (κ1) is 12.9. The summed E-state index contributed by atoms with van der Waals surface area (Å²) in [6.45, 7) is 0. The smallest absolute Gasteiger partial charge is 0.281 e. The maximum Gasteiger partial charge on any atom is 0.281 e. The predicted molar refractivity (Wildman–Crippen MR) is 58.6 cm³/mol. The maximum absolute atomic E-state index is 11.8. The molecule has 0 radical (unpaired) electrons. The van der Waals surface area contributed by atoms with Gasteiger partial charge in [-0.2, -0.15) is 17.0 Å². The molecule has 1 fully saturated rings. The summed E-state index contributed by atoms with van der Waals surface area (Å²) in [6.07, 6.45) is 2.86. The molecule has 0 bridgehead atoms. The third-order valence-corrected chi connectivity index (χ3v) is 4.91. The van der Waals surface area contributed by atoms with Crippen LogP contribution in [0, 0.1) is 0 Å². The fourth-order valence-corrected chi connectivity index (χ4v) is 3.05. The number of aliphatic hydroxyl groups excluding tert-OH is 1. The van der Waals surface area contributed by atoms with Gasteiger partial charge in [0.1, 0.15) is 0 Å². The number of likely N-dealkylation sites (N-methyl/N-ethyl adjacent to an activating group) is 1. The van der Waals surface area contributed by atoms with Gasteiger partial charge in [0, 0.05) is 21.1 Å². The van der Waals surface area contributed by atoms with Crippen LogP contribution in [0.3, 0.4) is 0 Å². The molecule has 6 heteroatoms. The Hall–Kier alpha value is -0.170.